The minimum Gasteiger partial charge on any atom is -0.258 e. The van der Waals surface area contributed by atoms with Crippen LogP contribution in [0.3, 0.4) is 0 Å². The molecule has 0 radical (unpaired) electrons. The summed E-state index contributed by atoms with van der Waals surface area (Å²) in [6, 6.07) is 3.06. The normalized spacial score (nSPS) is 9.00. The van der Waals surface area contributed by atoms with Crippen LogP contribution in [-0.2, 0) is 0 Å². The molecule has 0 unspecified atom stereocenters. The molecule has 0 aliphatic rings. The van der Waals surface area contributed by atoms with E-state index in [2.05, 4.69) is 4.98 Å². The van der Waals surface area contributed by atoms with Crippen LogP contribution in [0, 0.1) is 28.4 Å². The first-order valence-corrected chi connectivity index (χ1v) is 3.17. The van der Waals surface area contributed by atoms with Gasteiger partial charge in [0.05, 0.1) is 4.92 Å². The third-order valence-corrected chi connectivity index (χ3v) is 1.41. The molecule has 12 heavy (non-hydrogen) atoms. The van der Waals surface area contributed by atoms with Gasteiger partial charge < -0.3 is 0 Å². The van der Waals surface area contributed by atoms with Crippen molar-refractivity contribution in [2.45, 2.75) is 6.92 Å². The van der Waals surface area contributed by atoms with E-state index in [0.29, 0.717) is 0 Å². The molecule has 1 aromatic rings. The van der Waals surface area contributed by atoms with E-state index in [4.69, 9.17) is 5.26 Å². The second-order valence-corrected chi connectivity index (χ2v) is 2.16. The standard InChI is InChI=1S/C7H5N3O2/c1-5-7(10(11)12)6(4-8)2-3-9-5/h2-3H,1H3. The highest BCUT2D eigenvalue weighted by Gasteiger charge is 2.16. The number of aryl methyl sites for hydroxylation is 1. The van der Waals surface area contributed by atoms with Gasteiger partial charge in [0.1, 0.15) is 17.3 Å². The highest BCUT2D eigenvalue weighted by atomic mass is 16.6. The predicted molar refractivity (Wildman–Crippen MR) is 40.3 cm³/mol. The van der Waals surface area contributed by atoms with Crippen molar-refractivity contribution in [1.82, 2.24) is 4.98 Å². The van der Waals surface area contributed by atoms with Gasteiger partial charge in [-0.3, -0.25) is 15.1 Å². The van der Waals surface area contributed by atoms with Crippen LogP contribution in [0.1, 0.15) is 11.3 Å². The van der Waals surface area contributed by atoms with Gasteiger partial charge in [-0.1, -0.05) is 0 Å². The Kier molecular flexibility index (Phi) is 2.01. The monoisotopic (exact) mass is 163 g/mol. The van der Waals surface area contributed by atoms with Crippen LogP contribution in [0.5, 0.6) is 0 Å². The maximum Gasteiger partial charge on any atom is 0.308 e. The van der Waals surface area contributed by atoms with Crippen molar-refractivity contribution in [3.8, 4) is 6.07 Å². The van der Waals surface area contributed by atoms with Gasteiger partial charge in [-0.2, -0.15) is 5.26 Å². The fourth-order valence-electron chi connectivity index (χ4n) is 0.879. The topological polar surface area (TPSA) is 79.8 Å². The summed E-state index contributed by atoms with van der Waals surface area (Å²) < 4.78 is 0. The highest BCUT2D eigenvalue weighted by Crippen LogP contribution is 2.19. The van der Waals surface area contributed by atoms with Crippen molar-refractivity contribution >= 4 is 5.69 Å². The van der Waals surface area contributed by atoms with E-state index >= 15 is 0 Å². The third-order valence-electron chi connectivity index (χ3n) is 1.41. The first kappa shape index (κ1) is 8.14. The van der Waals surface area contributed by atoms with E-state index in [-0.39, 0.29) is 16.9 Å². The predicted octanol–water partition coefficient (Wildman–Crippen LogP) is 1.17. The first-order valence-electron chi connectivity index (χ1n) is 3.17. The van der Waals surface area contributed by atoms with Gasteiger partial charge in [-0.25, -0.2) is 0 Å². The van der Waals surface area contributed by atoms with E-state index in [1.807, 2.05) is 0 Å². The molecular formula is C7H5N3O2. The summed E-state index contributed by atoms with van der Waals surface area (Å²) in [5.74, 6) is 0. The quantitative estimate of drug-likeness (QED) is 0.459. The number of nitro groups is 1. The lowest BCUT2D eigenvalue weighted by Crippen LogP contribution is -1.97. The van der Waals surface area contributed by atoms with E-state index < -0.39 is 4.92 Å². The van der Waals surface area contributed by atoms with Crippen molar-refractivity contribution in [2.75, 3.05) is 0 Å². The molecule has 0 bridgehead atoms. The van der Waals surface area contributed by atoms with Crippen molar-refractivity contribution in [3.05, 3.63) is 33.6 Å². The maximum atomic E-state index is 10.4. The summed E-state index contributed by atoms with van der Waals surface area (Å²) in [6.45, 7) is 1.50. The van der Waals surface area contributed by atoms with Gasteiger partial charge in [-0.05, 0) is 13.0 Å². The van der Waals surface area contributed by atoms with E-state index in [0.717, 1.165) is 0 Å². The number of nitrogens with zero attached hydrogens (tertiary/aromatic N) is 3. The molecule has 0 N–H and O–H groups in total. The molecule has 0 aromatic carbocycles. The second-order valence-electron chi connectivity index (χ2n) is 2.16. The molecule has 1 rings (SSSR count). The van der Waals surface area contributed by atoms with Crippen LogP contribution in [0.2, 0.25) is 0 Å². The molecule has 1 heterocycles. The van der Waals surface area contributed by atoms with Gasteiger partial charge in [0.25, 0.3) is 0 Å². The summed E-state index contributed by atoms with van der Waals surface area (Å²) in [5.41, 5.74) is 0.103. The Hall–Kier alpha value is -1.96. The Labute approximate surface area is 68.4 Å². The Morgan fingerprint density at radius 1 is 1.75 bits per heavy atom. The molecule has 1 aromatic heterocycles. The lowest BCUT2D eigenvalue weighted by molar-refractivity contribution is -0.386. The Morgan fingerprint density at radius 3 is 2.83 bits per heavy atom. The zero-order chi connectivity index (χ0) is 9.14. The lowest BCUT2D eigenvalue weighted by atomic mass is 10.2. The molecule has 0 saturated carbocycles. The minimum absolute atomic E-state index is 0.0486. The number of hydrogen-bond donors (Lipinski definition) is 0. The fourth-order valence-corrected chi connectivity index (χ4v) is 0.879. The number of hydrogen-bond acceptors (Lipinski definition) is 4. The van der Waals surface area contributed by atoms with Gasteiger partial charge in [-0.15, -0.1) is 0 Å². The minimum atomic E-state index is -0.596. The Bertz CT molecular complexity index is 367. The fraction of sp³-hybridized carbons (Fsp3) is 0.143. The van der Waals surface area contributed by atoms with Gasteiger partial charge in [0, 0.05) is 6.20 Å². The van der Waals surface area contributed by atoms with E-state index in [9.17, 15) is 10.1 Å². The maximum absolute atomic E-state index is 10.4. The van der Waals surface area contributed by atoms with E-state index in [1.54, 1.807) is 6.07 Å². The summed E-state index contributed by atoms with van der Waals surface area (Å²) in [7, 11) is 0. The molecular weight excluding hydrogens is 158 g/mol. The van der Waals surface area contributed by atoms with Crippen LogP contribution in [0.4, 0.5) is 5.69 Å². The summed E-state index contributed by atoms with van der Waals surface area (Å²) in [5, 5.41) is 18.9. The van der Waals surface area contributed by atoms with Crippen molar-refractivity contribution in [1.29, 1.82) is 5.26 Å². The largest absolute Gasteiger partial charge is 0.308 e. The van der Waals surface area contributed by atoms with Crippen LogP contribution < -0.4 is 0 Å². The number of aromatic nitrogens is 1. The van der Waals surface area contributed by atoms with Crippen LogP contribution in [0.25, 0.3) is 0 Å². The average Bonchev–Trinajstić information content (AvgIpc) is 2.03. The molecule has 5 nitrogen and oxygen atoms in total. The number of nitriles is 1. The van der Waals surface area contributed by atoms with Gasteiger partial charge >= 0.3 is 5.69 Å². The molecule has 5 heteroatoms. The highest BCUT2D eigenvalue weighted by molar-refractivity contribution is 5.50. The van der Waals surface area contributed by atoms with Crippen molar-refractivity contribution in [3.63, 3.8) is 0 Å². The van der Waals surface area contributed by atoms with Crippen molar-refractivity contribution < 1.29 is 4.92 Å². The van der Waals surface area contributed by atoms with Crippen molar-refractivity contribution in [2.24, 2.45) is 0 Å². The number of pyridine rings is 1. The average molecular weight is 163 g/mol. The lowest BCUT2D eigenvalue weighted by Gasteiger charge is -1.95. The van der Waals surface area contributed by atoms with Gasteiger partial charge in [0.2, 0.25) is 0 Å². The second kappa shape index (κ2) is 2.96. The van der Waals surface area contributed by atoms with Crippen LogP contribution >= 0.6 is 0 Å². The molecule has 0 aliphatic heterocycles. The molecule has 0 atom stereocenters. The van der Waals surface area contributed by atoms with Crippen LogP contribution in [-0.4, -0.2) is 9.91 Å². The summed E-state index contributed by atoms with van der Waals surface area (Å²) >= 11 is 0. The first-order chi connectivity index (χ1) is 5.66. The van der Waals surface area contributed by atoms with Crippen LogP contribution in [0.15, 0.2) is 12.3 Å². The molecule has 60 valence electrons. The summed E-state index contributed by atoms with van der Waals surface area (Å²) in [4.78, 5) is 13.5. The molecule has 0 fully saturated rings. The molecule has 0 spiro atoms. The Balaban J connectivity index is 3.42. The number of rotatable bonds is 1. The van der Waals surface area contributed by atoms with Gasteiger partial charge in [0.15, 0.2) is 0 Å². The Morgan fingerprint density at radius 2 is 2.42 bits per heavy atom. The SMILES string of the molecule is Cc1nccc(C#N)c1[N+](=O)[O-]. The zero-order valence-corrected chi connectivity index (χ0v) is 6.31. The molecule has 0 saturated heterocycles. The smallest absolute Gasteiger partial charge is 0.258 e. The van der Waals surface area contributed by atoms with E-state index in [1.165, 1.54) is 19.2 Å². The third kappa shape index (κ3) is 1.22. The molecule has 0 aliphatic carbocycles. The molecule has 0 amide bonds. The zero-order valence-electron chi connectivity index (χ0n) is 6.31. The summed E-state index contributed by atoms with van der Waals surface area (Å²) in [6.07, 6.45) is 1.38.